The Kier molecular flexibility index (Phi) is 5.78. The highest BCUT2D eigenvalue weighted by Gasteiger charge is 2.33. The first-order chi connectivity index (χ1) is 15.7. The standard InChI is InChI=1S/C22H16FN5O2S2/c23-16-5-3-14(4-6-16)18-12-17(19-2-1-11-31-19)27-28(18)20(29)13-32-22-26-25-21(30-22)15-7-9-24-10-8-15/h1-11,18H,12-13H2/t18-/m1/s1. The van der Waals surface area contributed by atoms with Gasteiger partial charge in [-0.2, -0.15) is 5.10 Å². The predicted octanol–water partition coefficient (Wildman–Crippen LogP) is 4.80. The molecule has 0 N–H and O–H groups in total. The molecule has 4 aromatic rings. The van der Waals surface area contributed by atoms with Crippen LogP contribution in [0.3, 0.4) is 0 Å². The van der Waals surface area contributed by atoms with Crippen molar-refractivity contribution in [2.45, 2.75) is 17.7 Å². The number of halogens is 1. The van der Waals surface area contributed by atoms with Gasteiger partial charge in [0.15, 0.2) is 0 Å². The first-order valence-corrected chi connectivity index (χ1v) is 11.6. The lowest BCUT2D eigenvalue weighted by Crippen LogP contribution is -2.28. The number of hydrazone groups is 1. The summed E-state index contributed by atoms with van der Waals surface area (Å²) < 4.78 is 19.1. The molecule has 0 saturated carbocycles. The molecule has 0 unspecified atom stereocenters. The van der Waals surface area contributed by atoms with Crippen LogP contribution in [0.5, 0.6) is 0 Å². The lowest BCUT2D eigenvalue weighted by atomic mass is 10.0. The quantitative estimate of drug-likeness (QED) is 0.380. The van der Waals surface area contributed by atoms with Gasteiger partial charge in [-0.3, -0.25) is 9.78 Å². The fraction of sp³-hybridized carbons (Fsp3) is 0.136. The first kappa shape index (κ1) is 20.5. The maximum atomic E-state index is 13.4. The van der Waals surface area contributed by atoms with E-state index >= 15 is 0 Å². The Balaban J connectivity index is 1.33. The molecule has 0 fully saturated rings. The number of aromatic nitrogens is 3. The molecule has 5 rings (SSSR count). The van der Waals surface area contributed by atoms with Gasteiger partial charge in [0.1, 0.15) is 5.82 Å². The predicted molar refractivity (Wildman–Crippen MR) is 120 cm³/mol. The zero-order valence-corrected chi connectivity index (χ0v) is 18.2. The molecule has 7 nitrogen and oxygen atoms in total. The normalized spacial score (nSPS) is 15.7. The average molecular weight is 466 g/mol. The summed E-state index contributed by atoms with van der Waals surface area (Å²) in [4.78, 5) is 18.1. The molecule has 1 aliphatic heterocycles. The van der Waals surface area contributed by atoms with Crippen molar-refractivity contribution >= 4 is 34.7 Å². The number of hydrogen-bond donors (Lipinski definition) is 0. The maximum Gasteiger partial charge on any atom is 0.277 e. The Morgan fingerprint density at radius 3 is 2.72 bits per heavy atom. The Labute approximate surface area is 191 Å². The van der Waals surface area contributed by atoms with Gasteiger partial charge in [0.2, 0.25) is 5.89 Å². The van der Waals surface area contributed by atoms with Crippen LogP contribution in [0, 0.1) is 5.82 Å². The van der Waals surface area contributed by atoms with E-state index in [1.165, 1.54) is 17.1 Å². The van der Waals surface area contributed by atoms with E-state index in [0.717, 1.165) is 33.5 Å². The maximum absolute atomic E-state index is 13.4. The molecule has 1 atom stereocenters. The SMILES string of the molecule is O=C(CSc1nnc(-c2ccncc2)o1)N1N=C(c2cccs2)C[C@@H]1c1ccc(F)cc1. The van der Waals surface area contributed by atoms with Gasteiger partial charge in [0, 0.05) is 24.4 Å². The summed E-state index contributed by atoms with van der Waals surface area (Å²) in [5.41, 5.74) is 2.43. The Bertz CT molecular complexity index is 1240. The number of pyridine rings is 1. The third-order valence-electron chi connectivity index (χ3n) is 4.88. The van der Waals surface area contributed by atoms with Crippen molar-refractivity contribution < 1.29 is 13.6 Å². The molecule has 1 aliphatic rings. The minimum atomic E-state index is -0.319. The van der Waals surface area contributed by atoms with E-state index in [2.05, 4.69) is 20.3 Å². The van der Waals surface area contributed by atoms with Gasteiger partial charge in [0.25, 0.3) is 11.1 Å². The summed E-state index contributed by atoms with van der Waals surface area (Å²) in [6.07, 6.45) is 3.85. The van der Waals surface area contributed by atoms with Crippen molar-refractivity contribution in [1.29, 1.82) is 0 Å². The molecule has 0 bridgehead atoms. The van der Waals surface area contributed by atoms with Crippen molar-refractivity contribution in [3.63, 3.8) is 0 Å². The van der Waals surface area contributed by atoms with Crippen LogP contribution < -0.4 is 0 Å². The van der Waals surface area contributed by atoms with Gasteiger partial charge < -0.3 is 4.42 Å². The van der Waals surface area contributed by atoms with Gasteiger partial charge in [0.05, 0.1) is 22.4 Å². The van der Waals surface area contributed by atoms with Crippen LogP contribution in [0.1, 0.15) is 22.9 Å². The van der Waals surface area contributed by atoms with Crippen LogP contribution in [0.15, 0.2) is 81.0 Å². The van der Waals surface area contributed by atoms with Gasteiger partial charge >= 0.3 is 0 Å². The number of thiophene rings is 1. The summed E-state index contributed by atoms with van der Waals surface area (Å²) >= 11 is 2.73. The highest BCUT2D eigenvalue weighted by atomic mass is 32.2. The van der Waals surface area contributed by atoms with Crippen molar-refractivity contribution in [3.8, 4) is 11.5 Å². The van der Waals surface area contributed by atoms with Gasteiger partial charge in [-0.1, -0.05) is 30.0 Å². The van der Waals surface area contributed by atoms with E-state index in [4.69, 9.17) is 4.42 Å². The summed E-state index contributed by atoms with van der Waals surface area (Å²) in [7, 11) is 0. The zero-order chi connectivity index (χ0) is 21.9. The third-order valence-corrected chi connectivity index (χ3v) is 6.60. The van der Waals surface area contributed by atoms with E-state index in [0.29, 0.717) is 17.5 Å². The Morgan fingerprint density at radius 2 is 1.97 bits per heavy atom. The molecule has 32 heavy (non-hydrogen) atoms. The smallest absolute Gasteiger partial charge is 0.277 e. The molecule has 0 spiro atoms. The zero-order valence-electron chi connectivity index (χ0n) is 16.6. The topological polar surface area (TPSA) is 84.5 Å². The number of rotatable bonds is 6. The van der Waals surface area contributed by atoms with Gasteiger partial charge in [-0.05, 0) is 41.3 Å². The molecule has 3 aromatic heterocycles. The van der Waals surface area contributed by atoms with Crippen molar-refractivity contribution in [3.05, 3.63) is 82.6 Å². The second kappa shape index (κ2) is 9.01. The molecular formula is C22H16FN5O2S2. The second-order valence-corrected chi connectivity index (χ2v) is 8.81. The highest BCUT2D eigenvalue weighted by molar-refractivity contribution is 7.99. The molecule has 0 radical (unpaired) electrons. The Morgan fingerprint density at radius 1 is 1.16 bits per heavy atom. The summed E-state index contributed by atoms with van der Waals surface area (Å²) in [5, 5.41) is 16.4. The molecule has 1 amide bonds. The minimum absolute atomic E-state index is 0.0803. The lowest BCUT2D eigenvalue weighted by Gasteiger charge is -2.21. The Hall–Kier alpha value is -3.37. The number of thioether (sulfide) groups is 1. The van der Waals surface area contributed by atoms with E-state index < -0.39 is 0 Å². The fourth-order valence-electron chi connectivity index (χ4n) is 3.35. The number of amides is 1. The third kappa shape index (κ3) is 4.32. The van der Waals surface area contributed by atoms with Crippen LogP contribution in [-0.4, -0.2) is 37.6 Å². The van der Waals surface area contributed by atoms with Crippen LogP contribution >= 0.6 is 23.1 Å². The van der Waals surface area contributed by atoms with Gasteiger partial charge in [-0.25, -0.2) is 9.40 Å². The second-order valence-electron chi connectivity index (χ2n) is 6.93. The number of benzene rings is 1. The summed E-state index contributed by atoms with van der Waals surface area (Å²) in [6.45, 7) is 0. The molecule has 0 aliphatic carbocycles. The number of hydrogen-bond acceptors (Lipinski definition) is 8. The van der Waals surface area contributed by atoms with E-state index in [1.54, 1.807) is 48.0 Å². The van der Waals surface area contributed by atoms with Crippen molar-refractivity contribution in [2.24, 2.45) is 5.10 Å². The monoisotopic (exact) mass is 465 g/mol. The van der Waals surface area contributed by atoms with E-state index in [1.807, 2.05) is 17.5 Å². The van der Waals surface area contributed by atoms with E-state index in [-0.39, 0.29) is 23.5 Å². The molecule has 0 saturated heterocycles. The summed E-state index contributed by atoms with van der Waals surface area (Å²) in [6, 6.07) is 13.4. The lowest BCUT2D eigenvalue weighted by molar-refractivity contribution is -0.130. The molecular weight excluding hydrogens is 449 g/mol. The van der Waals surface area contributed by atoms with Gasteiger partial charge in [-0.15, -0.1) is 21.5 Å². The van der Waals surface area contributed by atoms with Crippen LogP contribution in [0.2, 0.25) is 0 Å². The highest BCUT2D eigenvalue weighted by Crippen LogP contribution is 2.35. The molecule has 1 aromatic carbocycles. The number of nitrogens with zero attached hydrogens (tertiary/aromatic N) is 5. The fourth-order valence-corrected chi connectivity index (χ4v) is 4.68. The van der Waals surface area contributed by atoms with Crippen molar-refractivity contribution in [2.75, 3.05) is 5.75 Å². The average Bonchev–Trinajstić information content (AvgIpc) is 3.59. The van der Waals surface area contributed by atoms with Crippen molar-refractivity contribution in [1.82, 2.24) is 20.2 Å². The summed E-state index contributed by atoms with van der Waals surface area (Å²) in [5.74, 6) is -0.0668. The number of carbonyl (C=O) groups is 1. The molecule has 10 heteroatoms. The van der Waals surface area contributed by atoms with Crippen LogP contribution in [0.25, 0.3) is 11.5 Å². The van der Waals surface area contributed by atoms with Crippen LogP contribution in [-0.2, 0) is 4.79 Å². The molecule has 4 heterocycles. The largest absolute Gasteiger partial charge is 0.411 e. The molecule has 160 valence electrons. The van der Waals surface area contributed by atoms with Crippen LogP contribution in [0.4, 0.5) is 4.39 Å². The minimum Gasteiger partial charge on any atom is -0.411 e. The first-order valence-electron chi connectivity index (χ1n) is 9.73. The number of carbonyl (C=O) groups excluding carboxylic acids is 1. The van der Waals surface area contributed by atoms with E-state index in [9.17, 15) is 9.18 Å².